The summed E-state index contributed by atoms with van der Waals surface area (Å²) in [6.07, 6.45) is 3.76. The number of H-pyrrole nitrogens is 1. The summed E-state index contributed by atoms with van der Waals surface area (Å²) >= 11 is 0. The molecule has 1 fully saturated rings. The minimum absolute atomic E-state index is 0.0236. The number of nitrogens with zero attached hydrogens (tertiary/aromatic N) is 2. The van der Waals surface area contributed by atoms with E-state index in [9.17, 15) is 8.42 Å². The molecule has 1 aromatic heterocycles. The highest BCUT2D eigenvalue weighted by Gasteiger charge is 2.30. The van der Waals surface area contributed by atoms with Gasteiger partial charge in [0.05, 0.1) is 6.61 Å². The molecule has 1 aromatic rings. The number of hydrogen-bond acceptors (Lipinski definition) is 5. The Balaban J connectivity index is 2.26. The molecule has 21 heavy (non-hydrogen) atoms. The molecule has 1 aliphatic carbocycles. The van der Waals surface area contributed by atoms with Gasteiger partial charge in [-0.15, -0.1) is 6.58 Å². The van der Waals surface area contributed by atoms with Crippen molar-refractivity contribution in [3.63, 3.8) is 0 Å². The average Bonchev–Trinajstić information content (AvgIpc) is 3.19. The number of aryl methyl sites for hydroxylation is 1. The molecule has 118 valence electrons. The summed E-state index contributed by atoms with van der Waals surface area (Å²) in [5.74, 6) is 0. The van der Waals surface area contributed by atoms with E-state index in [0.717, 1.165) is 18.5 Å². The fourth-order valence-corrected chi connectivity index (χ4v) is 3.64. The van der Waals surface area contributed by atoms with E-state index in [1.807, 2.05) is 0 Å². The Hall–Kier alpha value is -1.22. The zero-order chi connectivity index (χ0) is 15.5. The third-order valence-electron chi connectivity index (χ3n) is 3.45. The zero-order valence-electron chi connectivity index (χ0n) is 12.2. The summed E-state index contributed by atoms with van der Waals surface area (Å²) < 4.78 is 26.5. The van der Waals surface area contributed by atoms with Crippen LogP contribution in [0.15, 0.2) is 17.7 Å². The summed E-state index contributed by atoms with van der Waals surface area (Å²) in [4.78, 5) is 0. The highest BCUT2D eigenvalue weighted by Crippen LogP contribution is 2.23. The summed E-state index contributed by atoms with van der Waals surface area (Å²) in [6, 6.07) is 0.483. The predicted octanol–water partition coefficient (Wildman–Crippen LogP) is 0.139. The Morgan fingerprint density at radius 1 is 1.57 bits per heavy atom. The maximum Gasteiger partial charge on any atom is 0.263 e. The molecule has 7 nitrogen and oxygen atoms in total. The Kier molecular flexibility index (Phi) is 5.15. The second kappa shape index (κ2) is 6.69. The second-order valence-corrected chi connectivity index (χ2v) is 7.02. The van der Waals surface area contributed by atoms with Gasteiger partial charge in [-0.25, -0.2) is 8.42 Å². The van der Waals surface area contributed by atoms with E-state index >= 15 is 0 Å². The number of sulfonamides is 1. The molecule has 0 amide bonds. The molecule has 0 bridgehead atoms. The zero-order valence-corrected chi connectivity index (χ0v) is 13.0. The molecular weight excluding hydrogens is 292 g/mol. The normalized spacial score (nSPS) is 15.6. The molecule has 1 heterocycles. The molecule has 1 saturated carbocycles. The lowest BCUT2D eigenvalue weighted by Gasteiger charge is -2.19. The Labute approximate surface area is 125 Å². The van der Waals surface area contributed by atoms with Crippen molar-refractivity contribution < 1.29 is 13.5 Å². The van der Waals surface area contributed by atoms with E-state index in [2.05, 4.69) is 22.1 Å². The molecule has 0 atom stereocenters. The van der Waals surface area contributed by atoms with Crippen LogP contribution in [0.5, 0.6) is 0 Å². The lowest BCUT2D eigenvalue weighted by molar-refractivity contribution is 0.260. The van der Waals surface area contributed by atoms with Crippen molar-refractivity contribution in [3.8, 4) is 0 Å². The van der Waals surface area contributed by atoms with Crippen LogP contribution < -0.4 is 5.32 Å². The fourth-order valence-electron chi connectivity index (χ4n) is 2.07. The van der Waals surface area contributed by atoms with Crippen LogP contribution in [0.2, 0.25) is 0 Å². The standard InChI is InChI=1S/C13H22N4O3S/c1-3-6-17(7-8-18)21(19,20)13-12(10(2)15-16-13)9-14-11-4-5-11/h3,11,14,18H,1,4-9H2,2H3,(H,15,16). The van der Waals surface area contributed by atoms with Gasteiger partial charge in [-0.1, -0.05) is 6.08 Å². The average molecular weight is 314 g/mol. The maximum atomic E-state index is 12.7. The van der Waals surface area contributed by atoms with E-state index in [1.54, 1.807) is 6.92 Å². The molecule has 1 aliphatic rings. The smallest absolute Gasteiger partial charge is 0.263 e. The number of rotatable bonds is 9. The van der Waals surface area contributed by atoms with Crippen LogP contribution in [-0.4, -0.2) is 53.8 Å². The van der Waals surface area contributed by atoms with Gasteiger partial charge in [0.2, 0.25) is 0 Å². The first-order valence-electron chi connectivity index (χ1n) is 6.99. The van der Waals surface area contributed by atoms with Crippen molar-refractivity contribution in [2.45, 2.75) is 37.4 Å². The maximum absolute atomic E-state index is 12.7. The van der Waals surface area contributed by atoms with Crippen LogP contribution in [0.25, 0.3) is 0 Å². The van der Waals surface area contributed by atoms with Gasteiger partial charge >= 0.3 is 0 Å². The van der Waals surface area contributed by atoms with Gasteiger partial charge in [0.25, 0.3) is 10.0 Å². The van der Waals surface area contributed by atoms with Crippen molar-refractivity contribution >= 4 is 10.0 Å². The highest BCUT2D eigenvalue weighted by atomic mass is 32.2. The number of nitrogens with one attached hydrogen (secondary N) is 2. The number of aromatic amines is 1. The minimum atomic E-state index is -3.74. The quantitative estimate of drug-likeness (QED) is 0.563. The van der Waals surface area contributed by atoms with Gasteiger partial charge in [0.15, 0.2) is 5.03 Å². The Morgan fingerprint density at radius 3 is 2.86 bits per heavy atom. The largest absolute Gasteiger partial charge is 0.395 e. The van der Waals surface area contributed by atoms with E-state index in [-0.39, 0.29) is 24.7 Å². The first kappa shape index (κ1) is 16.2. The van der Waals surface area contributed by atoms with Gasteiger partial charge in [-0.2, -0.15) is 9.40 Å². The van der Waals surface area contributed by atoms with Crippen molar-refractivity contribution in [2.75, 3.05) is 19.7 Å². The number of aromatic nitrogens is 2. The van der Waals surface area contributed by atoms with Crippen LogP contribution >= 0.6 is 0 Å². The Bertz CT molecular complexity index is 593. The Morgan fingerprint density at radius 2 is 2.29 bits per heavy atom. The molecule has 0 aromatic carbocycles. The molecule has 0 unspecified atom stereocenters. The van der Waals surface area contributed by atoms with Gasteiger partial charge in [-0.3, -0.25) is 5.10 Å². The van der Waals surface area contributed by atoms with Crippen LogP contribution in [0.3, 0.4) is 0 Å². The van der Waals surface area contributed by atoms with Gasteiger partial charge in [0.1, 0.15) is 0 Å². The van der Waals surface area contributed by atoms with Crippen molar-refractivity contribution in [3.05, 3.63) is 23.9 Å². The third kappa shape index (κ3) is 3.70. The van der Waals surface area contributed by atoms with Crippen molar-refractivity contribution in [1.29, 1.82) is 0 Å². The van der Waals surface area contributed by atoms with E-state index < -0.39 is 10.0 Å². The van der Waals surface area contributed by atoms with Crippen LogP contribution in [0.4, 0.5) is 0 Å². The van der Waals surface area contributed by atoms with Gasteiger partial charge in [-0.05, 0) is 19.8 Å². The first-order chi connectivity index (χ1) is 10.0. The summed E-state index contributed by atoms with van der Waals surface area (Å²) in [7, 11) is -3.74. The molecular formula is C13H22N4O3S. The first-order valence-corrected chi connectivity index (χ1v) is 8.43. The fraction of sp³-hybridized carbons (Fsp3) is 0.615. The lowest BCUT2D eigenvalue weighted by atomic mass is 10.2. The van der Waals surface area contributed by atoms with Crippen LogP contribution in [-0.2, 0) is 16.6 Å². The summed E-state index contributed by atoms with van der Waals surface area (Å²) in [6.45, 7) is 5.76. The SMILES string of the molecule is C=CCN(CCO)S(=O)(=O)c1n[nH]c(C)c1CNC1CC1. The molecule has 2 rings (SSSR count). The number of hydrogen-bond donors (Lipinski definition) is 3. The second-order valence-electron chi connectivity index (χ2n) is 5.16. The highest BCUT2D eigenvalue weighted by molar-refractivity contribution is 7.89. The van der Waals surface area contributed by atoms with Gasteiger partial charge in [0, 0.05) is 36.9 Å². The summed E-state index contributed by atoms with van der Waals surface area (Å²) in [5.41, 5.74) is 1.40. The van der Waals surface area contributed by atoms with E-state index in [4.69, 9.17) is 5.11 Å². The predicted molar refractivity (Wildman–Crippen MR) is 79.2 cm³/mol. The molecule has 0 saturated heterocycles. The number of aliphatic hydroxyl groups excluding tert-OH is 1. The van der Waals surface area contributed by atoms with Crippen LogP contribution in [0, 0.1) is 6.92 Å². The molecule has 0 aliphatic heterocycles. The molecule has 3 N–H and O–H groups in total. The third-order valence-corrected chi connectivity index (χ3v) is 5.29. The lowest BCUT2D eigenvalue weighted by Crippen LogP contribution is -2.34. The summed E-state index contributed by atoms with van der Waals surface area (Å²) in [5, 5.41) is 19.1. The van der Waals surface area contributed by atoms with Crippen molar-refractivity contribution in [2.24, 2.45) is 0 Å². The molecule has 0 spiro atoms. The van der Waals surface area contributed by atoms with E-state index in [0.29, 0.717) is 18.2 Å². The van der Waals surface area contributed by atoms with Gasteiger partial charge < -0.3 is 10.4 Å². The minimum Gasteiger partial charge on any atom is -0.395 e. The van der Waals surface area contributed by atoms with Crippen LogP contribution in [0.1, 0.15) is 24.1 Å². The molecule has 8 heteroatoms. The molecule has 0 radical (unpaired) electrons. The topological polar surface area (TPSA) is 98.3 Å². The number of aliphatic hydroxyl groups is 1. The van der Waals surface area contributed by atoms with Crippen molar-refractivity contribution in [1.82, 2.24) is 19.8 Å². The van der Waals surface area contributed by atoms with E-state index in [1.165, 1.54) is 10.4 Å². The monoisotopic (exact) mass is 314 g/mol.